The number of amides is 2. The Kier molecular flexibility index (Phi) is 5.77. The summed E-state index contributed by atoms with van der Waals surface area (Å²) in [6, 6.07) is 11.1. The summed E-state index contributed by atoms with van der Waals surface area (Å²) >= 11 is 7.42. The highest BCUT2D eigenvalue weighted by Gasteiger charge is 2.17. The van der Waals surface area contributed by atoms with Crippen LogP contribution in [-0.2, 0) is 4.79 Å². The molecule has 27 heavy (non-hydrogen) atoms. The molecule has 0 fully saturated rings. The van der Waals surface area contributed by atoms with Crippen LogP contribution in [0, 0.1) is 11.7 Å². The highest BCUT2D eigenvalue weighted by atomic mass is 35.5. The second-order valence-electron chi connectivity index (χ2n) is 6.56. The van der Waals surface area contributed by atoms with E-state index in [9.17, 15) is 14.0 Å². The maximum absolute atomic E-state index is 13.4. The van der Waals surface area contributed by atoms with Gasteiger partial charge in [-0.05, 0) is 48.4 Å². The van der Waals surface area contributed by atoms with Crippen molar-refractivity contribution in [2.75, 3.05) is 10.6 Å². The topological polar surface area (TPSA) is 58.2 Å². The molecule has 3 rings (SSSR count). The first-order valence-corrected chi connectivity index (χ1v) is 9.61. The number of benzene rings is 2. The predicted octanol–water partition coefficient (Wildman–Crippen LogP) is 5.93. The molecular weight excluding hydrogens is 387 g/mol. The minimum Gasteiger partial charge on any atom is -0.326 e. The minimum atomic E-state index is -0.373. The van der Waals surface area contributed by atoms with Crippen LogP contribution in [0.3, 0.4) is 0 Å². The van der Waals surface area contributed by atoms with Gasteiger partial charge in [-0.25, -0.2) is 4.39 Å². The lowest BCUT2D eigenvalue weighted by Crippen LogP contribution is -2.14. The average molecular weight is 405 g/mol. The molecule has 7 heteroatoms. The lowest BCUT2D eigenvalue weighted by molar-refractivity contribution is -0.116. The summed E-state index contributed by atoms with van der Waals surface area (Å²) in [5.74, 6) is -0.505. The van der Waals surface area contributed by atoms with Gasteiger partial charge in [0.15, 0.2) is 0 Å². The highest BCUT2D eigenvalue weighted by molar-refractivity contribution is 7.21. The van der Waals surface area contributed by atoms with Crippen molar-refractivity contribution in [1.29, 1.82) is 0 Å². The van der Waals surface area contributed by atoms with Crippen LogP contribution < -0.4 is 10.6 Å². The normalized spacial score (nSPS) is 11.0. The number of nitrogens with one attached hydrogen (secondary N) is 2. The Morgan fingerprint density at radius 3 is 2.33 bits per heavy atom. The van der Waals surface area contributed by atoms with Gasteiger partial charge in [0.2, 0.25) is 5.91 Å². The molecule has 1 aromatic heterocycles. The number of hydrogen-bond donors (Lipinski definition) is 2. The summed E-state index contributed by atoms with van der Waals surface area (Å²) in [4.78, 5) is 24.6. The van der Waals surface area contributed by atoms with Gasteiger partial charge >= 0.3 is 0 Å². The number of carbonyl (C=O) groups is 2. The Bertz CT molecular complexity index is 999. The Morgan fingerprint density at radius 1 is 1.07 bits per heavy atom. The van der Waals surface area contributed by atoms with Gasteiger partial charge in [0.1, 0.15) is 10.7 Å². The fourth-order valence-electron chi connectivity index (χ4n) is 2.59. The van der Waals surface area contributed by atoms with Crippen molar-refractivity contribution >= 4 is 56.2 Å². The maximum atomic E-state index is 13.4. The lowest BCUT2D eigenvalue weighted by atomic mass is 10.1. The summed E-state index contributed by atoms with van der Waals surface area (Å²) in [5, 5.41) is 6.54. The summed E-state index contributed by atoms with van der Waals surface area (Å²) in [6.07, 6.45) is 0.448. The van der Waals surface area contributed by atoms with E-state index in [4.69, 9.17) is 11.6 Å². The van der Waals surface area contributed by atoms with Gasteiger partial charge in [0, 0.05) is 27.9 Å². The first-order valence-electron chi connectivity index (χ1n) is 8.42. The second-order valence-corrected chi connectivity index (χ2v) is 7.99. The van der Waals surface area contributed by atoms with Crippen molar-refractivity contribution in [3.05, 3.63) is 58.2 Å². The van der Waals surface area contributed by atoms with Crippen LogP contribution in [0.25, 0.3) is 10.1 Å². The van der Waals surface area contributed by atoms with Gasteiger partial charge in [0.25, 0.3) is 5.91 Å². The molecule has 0 aliphatic heterocycles. The maximum Gasteiger partial charge on any atom is 0.267 e. The number of thiophene rings is 1. The fourth-order valence-corrected chi connectivity index (χ4v) is 4.03. The number of carbonyl (C=O) groups excluding carboxylic acids is 2. The number of rotatable bonds is 5. The SMILES string of the molecule is CC(C)CC(=O)Nc1ccc(NC(=O)c2sc3cc(F)ccc3c2Cl)cc1. The van der Waals surface area contributed by atoms with E-state index in [1.54, 1.807) is 30.3 Å². The minimum absolute atomic E-state index is 0.0499. The first-order chi connectivity index (χ1) is 12.8. The molecule has 3 aromatic rings. The van der Waals surface area contributed by atoms with E-state index in [-0.39, 0.29) is 23.5 Å². The number of anilines is 2. The molecule has 1 heterocycles. The van der Waals surface area contributed by atoms with Gasteiger partial charge < -0.3 is 10.6 Å². The van der Waals surface area contributed by atoms with E-state index in [2.05, 4.69) is 10.6 Å². The second kappa shape index (κ2) is 8.06. The van der Waals surface area contributed by atoms with Crippen molar-refractivity contribution < 1.29 is 14.0 Å². The largest absolute Gasteiger partial charge is 0.326 e. The predicted molar refractivity (Wildman–Crippen MR) is 109 cm³/mol. The molecule has 0 saturated heterocycles. The van der Waals surface area contributed by atoms with Crippen molar-refractivity contribution in [1.82, 2.24) is 0 Å². The zero-order valence-electron chi connectivity index (χ0n) is 14.8. The van der Waals surface area contributed by atoms with Gasteiger partial charge in [0.05, 0.1) is 5.02 Å². The van der Waals surface area contributed by atoms with Crippen molar-refractivity contribution in [2.24, 2.45) is 5.92 Å². The molecule has 0 unspecified atom stereocenters. The third-order valence-corrected chi connectivity index (χ3v) is 5.47. The van der Waals surface area contributed by atoms with E-state index in [0.29, 0.717) is 37.8 Å². The monoisotopic (exact) mass is 404 g/mol. The van der Waals surface area contributed by atoms with Crippen LogP contribution in [-0.4, -0.2) is 11.8 Å². The van der Waals surface area contributed by atoms with E-state index in [1.165, 1.54) is 12.1 Å². The summed E-state index contributed by atoms with van der Waals surface area (Å²) in [7, 11) is 0. The molecule has 0 aliphatic rings. The fraction of sp³-hybridized carbons (Fsp3) is 0.200. The number of fused-ring (bicyclic) bond motifs is 1. The van der Waals surface area contributed by atoms with E-state index in [1.807, 2.05) is 13.8 Å². The Morgan fingerprint density at radius 2 is 1.70 bits per heavy atom. The van der Waals surface area contributed by atoms with Crippen molar-refractivity contribution in [3.63, 3.8) is 0 Å². The van der Waals surface area contributed by atoms with Crippen LogP contribution in [0.4, 0.5) is 15.8 Å². The summed E-state index contributed by atoms with van der Waals surface area (Å²) in [5.41, 5.74) is 1.23. The lowest BCUT2D eigenvalue weighted by Gasteiger charge is -2.09. The van der Waals surface area contributed by atoms with E-state index in [0.717, 1.165) is 11.3 Å². The van der Waals surface area contributed by atoms with Gasteiger partial charge in [-0.3, -0.25) is 9.59 Å². The number of halogens is 2. The Hall–Kier alpha value is -2.44. The van der Waals surface area contributed by atoms with E-state index >= 15 is 0 Å². The molecule has 2 N–H and O–H groups in total. The third-order valence-electron chi connectivity index (χ3n) is 3.82. The van der Waals surface area contributed by atoms with Crippen LogP contribution in [0.15, 0.2) is 42.5 Å². The highest BCUT2D eigenvalue weighted by Crippen LogP contribution is 2.36. The molecular formula is C20H18ClFN2O2S. The van der Waals surface area contributed by atoms with Crippen molar-refractivity contribution in [2.45, 2.75) is 20.3 Å². The van der Waals surface area contributed by atoms with Crippen LogP contribution in [0.1, 0.15) is 29.9 Å². The average Bonchev–Trinajstić information content (AvgIpc) is 2.92. The van der Waals surface area contributed by atoms with E-state index < -0.39 is 0 Å². The third kappa shape index (κ3) is 4.64. The molecule has 0 bridgehead atoms. The molecule has 0 spiro atoms. The molecule has 4 nitrogen and oxygen atoms in total. The molecule has 2 amide bonds. The zero-order chi connectivity index (χ0) is 19.6. The van der Waals surface area contributed by atoms with Crippen molar-refractivity contribution in [3.8, 4) is 0 Å². The summed E-state index contributed by atoms with van der Waals surface area (Å²) in [6.45, 7) is 3.96. The molecule has 140 valence electrons. The standard InChI is InChI=1S/C20H18ClFN2O2S/c1-11(2)9-17(25)23-13-4-6-14(7-5-13)24-20(26)19-18(21)15-8-3-12(22)10-16(15)27-19/h3-8,10-11H,9H2,1-2H3,(H,23,25)(H,24,26). The van der Waals surface area contributed by atoms with Crippen LogP contribution >= 0.6 is 22.9 Å². The Balaban J connectivity index is 1.71. The smallest absolute Gasteiger partial charge is 0.267 e. The molecule has 0 aliphatic carbocycles. The first kappa shape index (κ1) is 19.3. The molecule has 0 radical (unpaired) electrons. The molecule has 0 atom stereocenters. The van der Waals surface area contributed by atoms with Gasteiger partial charge in [-0.2, -0.15) is 0 Å². The van der Waals surface area contributed by atoms with Gasteiger partial charge in [-0.1, -0.05) is 25.4 Å². The molecule has 2 aromatic carbocycles. The van der Waals surface area contributed by atoms with Crippen LogP contribution in [0.5, 0.6) is 0 Å². The summed E-state index contributed by atoms with van der Waals surface area (Å²) < 4.78 is 14.0. The quantitative estimate of drug-likeness (QED) is 0.553. The zero-order valence-corrected chi connectivity index (χ0v) is 16.4. The Labute approximate surface area is 165 Å². The molecule has 0 saturated carbocycles. The van der Waals surface area contributed by atoms with Gasteiger partial charge in [-0.15, -0.1) is 11.3 Å². The van der Waals surface area contributed by atoms with Crippen LogP contribution in [0.2, 0.25) is 5.02 Å². The number of hydrogen-bond acceptors (Lipinski definition) is 3.